The summed E-state index contributed by atoms with van der Waals surface area (Å²) in [7, 11) is 1.63. The molecule has 1 rings (SSSR count). The number of rotatable bonds is 14. The lowest BCUT2D eigenvalue weighted by Gasteiger charge is -2.07. The number of hydrogen-bond acceptors (Lipinski definition) is 6. The summed E-state index contributed by atoms with van der Waals surface area (Å²) in [6.45, 7) is 3.73. The average Bonchev–Trinajstić information content (AvgIpc) is 2.63. The molecule has 0 aliphatic carbocycles. The van der Waals surface area contributed by atoms with E-state index in [0.29, 0.717) is 70.5 Å². The molecule has 0 unspecified atom stereocenters. The number of carbonyl (C=O) groups excluding carboxylic acids is 1. The summed E-state index contributed by atoms with van der Waals surface area (Å²) in [4.78, 5) is 15.8. The summed E-state index contributed by atoms with van der Waals surface area (Å²) in [6, 6.07) is 3.41. The standard InChI is InChI=1S/C18H26N2O5/c1-3-16-6-7-17(19-15-16)20-18(21)5-4-8-23-11-12-25-14-13-24-10-9-22-2/h1,6-7,15H,4-5,8-14H2,2H3,(H,19,20,21). The highest BCUT2D eigenvalue weighted by Gasteiger charge is 2.03. The molecular formula is C18H26N2O5. The SMILES string of the molecule is C#Cc1ccc(NC(=O)CCCOCCOCCOCCOC)nc1. The molecule has 0 radical (unpaired) electrons. The van der Waals surface area contributed by atoms with Gasteiger partial charge in [0.25, 0.3) is 0 Å². The van der Waals surface area contributed by atoms with Crippen LogP contribution >= 0.6 is 0 Å². The lowest BCUT2D eigenvalue weighted by molar-refractivity contribution is -0.116. The van der Waals surface area contributed by atoms with Gasteiger partial charge in [-0.25, -0.2) is 4.98 Å². The molecule has 138 valence electrons. The maximum absolute atomic E-state index is 11.8. The Morgan fingerprint density at radius 2 is 1.72 bits per heavy atom. The van der Waals surface area contributed by atoms with Gasteiger partial charge in [-0.2, -0.15) is 0 Å². The van der Waals surface area contributed by atoms with Gasteiger partial charge in [0.05, 0.1) is 39.6 Å². The van der Waals surface area contributed by atoms with Crippen LogP contribution in [0.1, 0.15) is 18.4 Å². The number of pyridine rings is 1. The summed E-state index contributed by atoms with van der Waals surface area (Å²) in [5.41, 5.74) is 0.676. The van der Waals surface area contributed by atoms with E-state index < -0.39 is 0 Å². The Bertz CT molecular complexity index is 513. The normalized spacial score (nSPS) is 10.4. The molecule has 1 amide bonds. The van der Waals surface area contributed by atoms with Crippen molar-refractivity contribution >= 4 is 11.7 Å². The topological polar surface area (TPSA) is 78.9 Å². The van der Waals surface area contributed by atoms with Crippen LogP contribution in [0.2, 0.25) is 0 Å². The third-order valence-corrected chi connectivity index (χ3v) is 3.07. The van der Waals surface area contributed by atoms with Crippen molar-refractivity contribution in [3.05, 3.63) is 23.9 Å². The molecule has 0 saturated carbocycles. The van der Waals surface area contributed by atoms with Crippen molar-refractivity contribution in [2.45, 2.75) is 12.8 Å². The second kappa shape index (κ2) is 14.4. The highest BCUT2D eigenvalue weighted by atomic mass is 16.6. The van der Waals surface area contributed by atoms with E-state index in [4.69, 9.17) is 25.4 Å². The van der Waals surface area contributed by atoms with Gasteiger partial charge in [0.2, 0.25) is 5.91 Å². The van der Waals surface area contributed by atoms with Gasteiger partial charge in [0, 0.05) is 31.9 Å². The molecule has 0 aromatic carbocycles. The first-order chi connectivity index (χ1) is 12.3. The van der Waals surface area contributed by atoms with E-state index in [2.05, 4.69) is 16.2 Å². The number of aromatic nitrogens is 1. The van der Waals surface area contributed by atoms with Crippen LogP contribution < -0.4 is 5.32 Å². The van der Waals surface area contributed by atoms with Crippen molar-refractivity contribution in [3.8, 4) is 12.3 Å². The number of amides is 1. The minimum atomic E-state index is -0.103. The van der Waals surface area contributed by atoms with Crippen LogP contribution in [-0.2, 0) is 23.7 Å². The van der Waals surface area contributed by atoms with Crippen LogP contribution in [0, 0.1) is 12.3 Å². The quantitative estimate of drug-likeness (QED) is 0.404. The molecular weight excluding hydrogens is 324 g/mol. The number of nitrogens with zero attached hydrogens (tertiary/aromatic N) is 1. The van der Waals surface area contributed by atoms with E-state index in [9.17, 15) is 4.79 Å². The van der Waals surface area contributed by atoms with Crippen molar-refractivity contribution in [2.24, 2.45) is 0 Å². The van der Waals surface area contributed by atoms with E-state index in [0.717, 1.165) is 0 Å². The molecule has 0 fully saturated rings. The molecule has 7 heteroatoms. The zero-order valence-corrected chi connectivity index (χ0v) is 14.7. The molecule has 1 aromatic rings. The first kappa shape index (κ1) is 21.1. The first-order valence-corrected chi connectivity index (χ1v) is 8.21. The van der Waals surface area contributed by atoms with Crippen molar-refractivity contribution in [1.29, 1.82) is 0 Å². The fourth-order valence-corrected chi connectivity index (χ4v) is 1.78. The van der Waals surface area contributed by atoms with Crippen LogP contribution in [0.3, 0.4) is 0 Å². The molecule has 25 heavy (non-hydrogen) atoms. The van der Waals surface area contributed by atoms with E-state index in [1.165, 1.54) is 0 Å². The minimum absolute atomic E-state index is 0.103. The average molecular weight is 350 g/mol. The van der Waals surface area contributed by atoms with Crippen LogP contribution in [0.25, 0.3) is 0 Å². The van der Waals surface area contributed by atoms with Gasteiger partial charge in [-0.15, -0.1) is 6.42 Å². The predicted molar refractivity (Wildman–Crippen MR) is 94.4 cm³/mol. The fraction of sp³-hybridized carbons (Fsp3) is 0.556. The Hall–Kier alpha value is -1.98. The summed E-state index contributed by atoms with van der Waals surface area (Å²) < 4.78 is 20.9. The number of methoxy groups -OCH3 is 1. The van der Waals surface area contributed by atoms with Crippen LogP contribution in [0.15, 0.2) is 18.3 Å². The largest absolute Gasteiger partial charge is 0.382 e. The molecule has 0 bridgehead atoms. The van der Waals surface area contributed by atoms with E-state index in [1.807, 2.05) is 0 Å². The molecule has 0 spiro atoms. The van der Waals surface area contributed by atoms with Crippen molar-refractivity contribution in [1.82, 2.24) is 4.98 Å². The number of ether oxygens (including phenoxy) is 4. The van der Waals surface area contributed by atoms with Gasteiger partial charge >= 0.3 is 0 Å². The van der Waals surface area contributed by atoms with Gasteiger partial charge in [-0.05, 0) is 18.6 Å². The van der Waals surface area contributed by atoms with Crippen molar-refractivity contribution in [3.63, 3.8) is 0 Å². The molecule has 7 nitrogen and oxygen atoms in total. The van der Waals surface area contributed by atoms with Gasteiger partial charge in [-0.3, -0.25) is 4.79 Å². The van der Waals surface area contributed by atoms with Crippen LogP contribution in [0.5, 0.6) is 0 Å². The lowest BCUT2D eigenvalue weighted by Crippen LogP contribution is -2.14. The van der Waals surface area contributed by atoms with Crippen molar-refractivity contribution in [2.75, 3.05) is 58.7 Å². The predicted octanol–water partition coefficient (Wildman–Crippen LogP) is 1.48. The third kappa shape index (κ3) is 11.2. The minimum Gasteiger partial charge on any atom is -0.382 e. The zero-order valence-electron chi connectivity index (χ0n) is 14.7. The zero-order chi connectivity index (χ0) is 18.2. The Kier molecular flexibility index (Phi) is 12.1. The Labute approximate surface area is 149 Å². The first-order valence-electron chi connectivity index (χ1n) is 8.21. The summed E-state index contributed by atoms with van der Waals surface area (Å²) in [5, 5.41) is 2.71. The van der Waals surface area contributed by atoms with E-state index >= 15 is 0 Å². The summed E-state index contributed by atoms with van der Waals surface area (Å²) in [5.74, 6) is 2.86. The molecule has 1 aromatic heterocycles. The van der Waals surface area contributed by atoms with Gasteiger partial charge in [-0.1, -0.05) is 5.92 Å². The lowest BCUT2D eigenvalue weighted by atomic mass is 10.3. The van der Waals surface area contributed by atoms with Gasteiger partial charge in [0.15, 0.2) is 0 Å². The maximum Gasteiger partial charge on any atom is 0.225 e. The third-order valence-electron chi connectivity index (χ3n) is 3.07. The Morgan fingerprint density at radius 1 is 1.08 bits per heavy atom. The monoisotopic (exact) mass is 350 g/mol. The van der Waals surface area contributed by atoms with Gasteiger partial charge < -0.3 is 24.3 Å². The second-order valence-electron chi connectivity index (χ2n) is 5.06. The number of carbonyl (C=O) groups is 1. The Balaban J connectivity index is 1.92. The van der Waals surface area contributed by atoms with Crippen LogP contribution in [-0.4, -0.2) is 64.2 Å². The van der Waals surface area contributed by atoms with Crippen LogP contribution in [0.4, 0.5) is 5.82 Å². The second-order valence-corrected chi connectivity index (χ2v) is 5.06. The number of hydrogen-bond donors (Lipinski definition) is 1. The van der Waals surface area contributed by atoms with E-state index in [-0.39, 0.29) is 5.91 Å². The Morgan fingerprint density at radius 3 is 2.28 bits per heavy atom. The molecule has 1 heterocycles. The number of nitrogens with one attached hydrogen (secondary N) is 1. The molecule has 0 aliphatic heterocycles. The highest BCUT2D eigenvalue weighted by molar-refractivity contribution is 5.89. The van der Waals surface area contributed by atoms with Gasteiger partial charge in [0.1, 0.15) is 5.82 Å². The van der Waals surface area contributed by atoms with Crippen molar-refractivity contribution < 1.29 is 23.7 Å². The smallest absolute Gasteiger partial charge is 0.225 e. The summed E-state index contributed by atoms with van der Waals surface area (Å²) >= 11 is 0. The maximum atomic E-state index is 11.8. The summed E-state index contributed by atoms with van der Waals surface area (Å²) in [6.07, 6.45) is 7.79. The highest BCUT2D eigenvalue weighted by Crippen LogP contribution is 2.05. The molecule has 1 N–H and O–H groups in total. The number of terminal acetylenes is 1. The molecule has 0 atom stereocenters. The number of anilines is 1. The van der Waals surface area contributed by atoms with E-state index in [1.54, 1.807) is 25.4 Å². The fourth-order valence-electron chi connectivity index (χ4n) is 1.78. The molecule has 0 aliphatic rings. The molecule has 0 saturated heterocycles.